The number of nitrogens with two attached hydrogens (primary N) is 1. The van der Waals surface area contributed by atoms with Crippen molar-refractivity contribution in [2.45, 2.75) is 44.3 Å². The Bertz CT molecular complexity index is 376. The molecule has 0 unspecified atom stereocenters. The van der Waals surface area contributed by atoms with E-state index >= 15 is 0 Å². The summed E-state index contributed by atoms with van der Waals surface area (Å²) in [6.07, 6.45) is 4.47. The van der Waals surface area contributed by atoms with Gasteiger partial charge in [-0.1, -0.05) is 12.1 Å². The fourth-order valence-electron chi connectivity index (χ4n) is 2.28. The standard InChI is InChI=1S/C13H19BrN2O/c14-12-3-1-2-9(13(12)17)8-16-11-6-4-10(15)5-7-11/h1-3,10-11,16-17H,4-8,15H2. The van der Waals surface area contributed by atoms with Gasteiger partial charge in [0.1, 0.15) is 5.75 Å². The van der Waals surface area contributed by atoms with E-state index in [1.54, 1.807) is 0 Å². The van der Waals surface area contributed by atoms with Crippen molar-refractivity contribution in [2.75, 3.05) is 0 Å². The lowest BCUT2D eigenvalue weighted by molar-refractivity contribution is 0.339. The fourth-order valence-corrected chi connectivity index (χ4v) is 2.69. The van der Waals surface area contributed by atoms with Gasteiger partial charge in [0.2, 0.25) is 0 Å². The van der Waals surface area contributed by atoms with E-state index < -0.39 is 0 Å². The molecule has 0 atom stereocenters. The molecule has 1 fully saturated rings. The van der Waals surface area contributed by atoms with Crippen molar-refractivity contribution in [3.63, 3.8) is 0 Å². The molecule has 0 spiro atoms. The Morgan fingerprint density at radius 2 is 2.00 bits per heavy atom. The number of halogens is 1. The highest BCUT2D eigenvalue weighted by molar-refractivity contribution is 9.10. The fraction of sp³-hybridized carbons (Fsp3) is 0.538. The third-order valence-electron chi connectivity index (χ3n) is 3.42. The molecule has 17 heavy (non-hydrogen) atoms. The molecule has 0 bridgehead atoms. The molecule has 0 saturated heterocycles. The summed E-state index contributed by atoms with van der Waals surface area (Å²) in [5.74, 6) is 0.340. The van der Waals surface area contributed by atoms with Crippen molar-refractivity contribution in [1.29, 1.82) is 0 Å². The highest BCUT2D eigenvalue weighted by atomic mass is 79.9. The number of rotatable bonds is 3. The van der Waals surface area contributed by atoms with Crippen LogP contribution in [0.4, 0.5) is 0 Å². The number of para-hydroxylation sites is 1. The molecule has 1 aliphatic rings. The summed E-state index contributed by atoms with van der Waals surface area (Å²) in [6.45, 7) is 0.713. The lowest BCUT2D eigenvalue weighted by atomic mass is 9.92. The van der Waals surface area contributed by atoms with Crippen molar-refractivity contribution in [1.82, 2.24) is 5.32 Å². The van der Waals surface area contributed by atoms with Crippen molar-refractivity contribution >= 4 is 15.9 Å². The molecule has 2 rings (SSSR count). The van der Waals surface area contributed by atoms with Gasteiger partial charge in [0.25, 0.3) is 0 Å². The number of hydrogen-bond donors (Lipinski definition) is 3. The van der Waals surface area contributed by atoms with Gasteiger partial charge in [0.05, 0.1) is 4.47 Å². The molecule has 1 aliphatic carbocycles. The summed E-state index contributed by atoms with van der Waals surface area (Å²) in [6, 6.07) is 6.65. The van der Waals surface area contributed by atoms with E-state index in [1.807, 2.05) is 18.2 Å². The van der Waals surface area contributed by atoms with Crippen LogP contribution in [-0.4, -0.2) is 17.2 Å². The van der Waals surface area contributed by atoms with Crippen molar-refractivity contribution in [3.8, 4) is 5.75 Å². The lowest BCUT2D eigenvalue weighted by Gasteiger charge is -2.27. The van der Waals surface area contributed by atoms with Crippen LogP contribution in [0.1, 0.15) is 31.2 Å². The number of hydrogen-bond acceptors (Lipinski definition) is 3. The topological polar surface area (TPSA) is 58.3 Å². The van der Waals surface area contributed by atoms with Crippen LogP contribution in [0.5, 0.6) is 5.75 Å². The molecule has 1 saturated carbocycles. The normalized spacial score (nSPS) is 24.8. The molecule has 0 amide bonds. The number of nitrogens with one attached hydrogen (secondary N) is 1. The van der Waals surface area contributed by atoms with Crippen LogP contribution in [0.2, 0.25) is 0 Å². The maximum atomic E-state index is 9.86. The number of phenols is 1. The van der Waals surface area contributed by atoms with Crippen LogP contribution in [-0.2, 0) is 6.54 Å². The van der Waals surface area contributed by atoms with Crippen LogP contribution in [0, 0.1) is 0 Å². The van der Waals surface area contributed by atoms with Crippen LogP contribution in [0.15, 0.2) is 22.7 Å². The SMILES string of the molecule is NC1CCC(NCc2cccc(Br)c2O)CC1. The van der Waals surface area contributed by atoms with Crippen LogP contribution in [0.25, 0.3) is 0 Å². The molecule has 94 valence electrons. The Labute approximate surface area is 111 Å². The van der Waals surface area contributed by atoms with Gasteiger partial charge in [-0.2, -0.15) is 0 Å². The first-order valence-corrected chi connectivity index (χ1v) is 6.91. The maximum Gasteiger partial charge on any atom is 0.134 e. The smallest absolute Gasteiger partial charge is 0.134 e. The summed E-state index contributed by atoms with van der Waals surface area (Å²) < 4.78 is 0.752. The van der Waals surface area contributed by atoms with Crippen molar-refractivity contribution in [3.05, 3.63) is 28.2 Å². The van der Waals surface area contributed by atoms with Gasteiger partial charge in [0.15, 0.2) is 0 Å². The zero-order chi connectivity index (χ0) is 12.3. The second-order valence-corrected chi connectivity index (χ2v) is 5.59. The predicted octanol–water partition coefficient (Wildman–Crippen LogP) is 2.51. The Balaban J connectivity index is 1.87. The zero-order valence-corrected chi connectivity index (χ0v) is 11.4. The highest BCUT2D eigenvalue weighted by Crippen LogP contribution is 2.27. The van der Waals surface area contributed by atoms with E-state index in [1.165, 1.54) is 0 Å². The third-order valence-corrected chi connectivity index (χ3v) is 4.06. The Hall–Kier alpha value is -0.580. The summed E-state index contributed by atoms with van der Waals surface area (Å²) in [5, 5.41) is 13.4. The quantitative estimate of drug-likeness (QED) is 0.804. The van der Waals surface area contributed by atoms with Gasteiger partial charge in [-0.05, 0) is 47.7 Å². The van der Waals surface area contributed by atoms with Crippen molar-refractivity contribution in [2.24, 2.45) is 5.73 Å². The van der Waals surface area contributed by atoms with Gasteiger partial charge in [0, 0.05) is 24.2 Å². The Kier molecular flexibility index (Phi) is 4.42. The van der Waals surface area contributed by atoms with Crippen LogP contribution < -0.4 is 11.1 Å². The van der Waals surface area contributed by atoms with E-state index in [9.17, 15) is 5.11 Å². The molecule has 1 aromatic carbocycles. The molecule has 0 radical (unpaired) electrons. The van der Waals surface area contributed by atoms with E-state index in [4.69, 9.17) is 5.73 Å². The van der Waals surface area contributed by atoms with Gasteiger partial charge in [-0.25, -0.2) is 0 Å². The monoisotopic (exact) mass is 298 g/mol. The molecule has 4 N–H and O–H groups in total. The number of aromatic hydroxyl groups is 1. The molecular formula is C13H19BrN2O. The third kappa shape index (κ3) is 3.44. The lowest BCUT2D eigenvalue weighted by Crippen LogP contribution is -2.37. The molecule has 4 heteroatoms. The number of phenolic OH excluding ortho intramolecular Hbond substituents is 1. The van der Waals surface area contributed by atoms with E-state index in [0.29, 0.717) is 24.4 Å². The zero-order valence-electron chi connectivity index (χ0n) is 9.82. The number of benzene rings is 1. The molecule has 1 aromatic rings. The summed E-state index contributed by atoms with van der Waals surface area (Å²) in [7, 11) is 0. The van der Waals surface area contributed by atoms with Gasteiger partial charge >= 0.3 is 0 Å². The first-order chi connectivity index (χ1) is 8.16. The molecule has 0 aromatic heterocycles. The second-order valence-electron chi connectivity index (χ2n) is 4.74. The second kappa shape index (κ2) is 5.85. The summed E-state index contributed by atoms with van der Waals surface area (Å²) in [5.41, 5.74) is 6.81. The Morgan fingerprint density at radius 3 is 2.71 bits per heavy atom. The first kappa shape index (κ1) is 12.9. The average Bonchev–Trinajstić information content (AvgIpc) is 2.33. The van der Waals surface area contributed by atoms with E-state index in [-0.39, 0.29) is 0 Å². The van der Waals surface area contributed by atoms with E-state index in [0.717, 1.165) is 35.7 Å². The van der Waals surface area contributed by atoms with E-state index in [2.05, 4.69) is 21.2 Å². The minimum Gasteiger partial charge on any atom is -0.506 e. The van der Waals surface area contributed by atoms with Gasteiger partial charge in [-0.15, -0.1) is 0 Å². The van der Waals surface area contributed by atoms with Gasteiger partial charge < -0.3 is 16.2 Å². The average molecular weight is 299 g/mol. The van der Waals surface area contributed by atoms with Gasteiger partial charge in [-0.3, -0.25) is 0 Å². The molecular weight excluding hydrogens is 280 g/mol. The largest absolute Gasteiger partial charge is 0.506 e. The Morgan fingerprint density at radius 1 is 1.29 bits per heavy atom. The minimum atomic E-state index is 0.340. The summed E-state index contributed by atoms with van der Waals surface area (Å²) in [4.78, 5) is 0. The summed E-state index contributed by atoms with van der Waals surface area (Å²) >= 11 is 3.33. The van der Waals surface area contributed by atoms with Crippen LogP contribution >= 0.6 is 15.9 Å². The highest BCUT2D eigenvalue weighted by Gasteiger charge is 2.18. The molecule has 0 aliphatic heterocycles. The predicted molar refractivity (Wildman–Crippen MR) is 72.9 cm³/mol. The van der Waals surface area contributed by atoms with Crippen molar-refractivity contribution < 1.29 is 5.11 Å². The molecule has 0 heterocycles. The maximum absolute atomic E-state index is 9.86. The van der Waals surface area contributed by atoms with Crippen LogP contribution in [0.3, 0.4) is 0 Å². The molecule has 3 nitrogen and oxygen atoms in total. The minimum absolute atomic E-state index is 0.340. The first-order valence-electron chi connectivity index (χ1n) is 6.12.